The number of thiophene rings is 1. The number of hydrogen-bond donors (Lipinski definition) is 1. The molecule has 0 aromatic carbocycles. The minimum atomic E-state index is 0.630. The highest BCUT2D eigenvalue weighted by Crippen LogP contribution is 2.33. The van der Waals surface area contributed by atoms with E-state index < -0.39 is 0 Å². The smallest absolute Gasteiger partial charge is 0.129 e. The molecule has 3 rings (SSSR count). The van der Waals surface area contributed by atoms with Crippen LogP contribution in [0.25, 0.3) is 0 Å². The molecule has 1 aromatic rings. The van der Waals surface area contributed by atoms with Crippen molar-refractivity contribution in [3.05, 3.63) is 10.9 Å². The van der Waals surface area contributed by atoms with Crippen molar-refractivity contribution in [1.82, 2.24) is 4.90 Å². The Kier molecular flexibility index (Phi) is 4.13. The van der Waals surface area contributed by atoms with E-state index >= 15 is 0 Å². The lowest BCUT2D eigenvalue weighted by molar-refractivity contribution is 0.141. The zero-order valence-corrected chi connectivity index (χ0v) is 12.7. The molecule has 2 saturated heterocycles. The van der Waals surface area contributed by atoms with Crippen LogP contribution in [-0.2, 0) is 0 Å². The highest BCUT2D eigenvalue weighted by molar-refractivity contribution is 7.17. The molecule has 4 nitrogen and oxygen atoms in total. The van der Waals surface area contributed by atoms with Crippen LogP contribution in [0.4, 0.5) is 10.7 Å². The summed E-state index contributed by atoms with van der Waals surface area (Å²) < 4.78 is 0. The first-order valence-electron chi connectivity index (χ1n) is 7.56. The quantitative estimate of drug-likeness (QED) is 0.910. The zero-order chi connectivity index (χ0) is 13.9. The van der Waals surface area contributed by atoms with Gasteiger partial charge in [-0.2, -0.15) is 5.26 Å². The van der Waals surface area contributed by atoms with Gasteiger partial charge in [-0.15, -0.1) is 11.3 Å². The third-order valence-electron chi connectivity index (χ3n) is 4.53. The lowest BCUT2D eigenvalue weighted by Crippen LogP contribution is -2.46. The molecule has 0 spiro atoms. The number of nitriles is 1. The Morgan fingerprint density at radius 1 is 1.15 bits per heavy atom. The molecule has 0 amide bonds. The van der Waals surface area contributed by atoms with Gasteiger partial charge < -0.3 is 15.5 Å². The molecule has 0 radical (unpaired) electrons. The summed E-state index contributed by atoms with van der Waals surface area (Å²) in [6, 6.07) is 4.90. The molecule has 2 fully saturated rings. The molecular formula is C15H22N4S. The summed E-state index contributed by atoms with van der Waals surface area (Å²) in [5.41, 5.74) is 6.49. The number of nitrogen functional groups attached to an aromatic ring is 1. The van der Waals surface area contributed by atoms with Gasteiger partial charge in [0.1, 0.15) is 10.9 Å². The standard InChI is InChI=1S/C15H22N4S/c16-11-14-13(17)10-15(20-14)19-8-4-12(5-9-19)18-6-2-1-3-7-18/h10,12H,1-9,17H2. The summed E-state index contributed by atoms with van der Waals surface area (Å²) in [7, 11) is 0. The van der Waals surface area contributed by atoms with Crippen LogP contribution in [0.1, 0.15) is 37.0 Å². The average Bonchev–Trinajstić information content (AvgIpc) is 2.89. The molecule has 2 aliphatic rings. The van der Waals surface area contributed by atoms with Crippen LogP contribution in [0.5, 0.6) is 0 Å². The molecule has 0 saturated carbocycles. The normalized spacial score (nSPS) is 21.9. The van der Waals surface area contributed by atoms with E-state index in [-0.39, 0.29) is 0 Å². The van der Waals surface area contributed by atoms with E-state index in [0.29, 0.717) is 10.6 Å². The van der Waals surface area contributed by atoms with E-state index in [1.807, 2.05) is 6.07 Å². The second-order valence-electron chi connectivity index (χ2n) is 5.80. The number of piperidine rings is 2. The van der Waals surface area contributed by atoms with Crippen molar-refractivity contribution in [3.8, 4) is 6.07 Å². The van der Waals surface area contributed by atoms with Gasteiger partial charge in [-0.25, -0.2) is 0 Å². The van der Waals surface area contributed by atoms with Crippen LogP contribution < -0.4 is 10.6 Å². The molecule has 0 atom stereocenters. The molecule has 20 heavy (non-hydrogen) atoms. The Labute approximate surface area is 124 Å². The fraction of sp³-hybridized carbons (Fsp3) is 0.667. The molecule has 0 unspecified atom stereocenters. The van der Waals surface area contributed by atoms with Crippen LogP contribution in [0, 0.1) is 11.3 Å². The Hall–Kier alpha value is -1.25. The van der Waals surface area contributed by atoms with E-state index in [1.165, 1.54) is 56.5 Å². The third kappa shape index (κ3) is 2.77. The predicted octanol–water partition coefficient (Wildman–Crippen LogP) is 2.66. The number of likely N-dealkylation sites (tertiary alicyclic amines) is 1. The molecule has 0 bridgehead atoms. The van der Waals surface area contributed by atoms with Crippen molar-refractivity contribution in [2.24, 2.45) is 0 Å². The Morgan fingerprint density at radius 2 is 1.85 bits per heavy atom. The maximum atomic E-state index is 9.00. The fourth-order valence-electron chi connectivity index (χ4n) is 3.37. The highest BCUT2D eigenvalue weighted by Gasteiger charge is 2.26. The molecule has 108 valence electrons. The van der Waals surface area contributed by atoms with Crippen molar-refractivity contribution in [2.75, 3.05) is 36.8 Å². The minimum Gasteiger partial charge on any atom is -0.397 e. The van der Waals surface area contributed by atoms with Crippen molar-refractivity contribution >= 4 is 22.0 Å². The molecule has 0 aliphatic carbocycles. The monoisotopic (exact) mass is 290 g/mol. The molecule has 3 heterocycles. The molecule has 2 N–H and O–H groups in total. The van der Waals surface area contributed by atoms with Crippen LogP contribution in [0.2, 0.25) is 0 Å². The minimum absolute atomic E-state index is 0.630. The summed E-state index contributed by atoms with van der Waals surface area (Å²) in [5.74, 6) is 0. The summed E-state index contributed by atoms with van der Waals surface area (Å²) in [6.07, 6.45) is 6.61. The Bertz CT molecular complexity index is 490. The largest absolute Gasteiger partial charge is 0.397 e. The lowest BCUT2D eigenvalue weighted by atomic mass is 10.00. The molecule has 1 aromatic heterocycles. The second kappa shape index (κ2) is 6.02. The lowest BCUT2D eigenvalue weighted by Gasteiger charge is -2.40. The van der Waals surface area contributed by atoms with Gasteiger partial charge in [0.25, 0.3) is 0 Å². The Morgan fingerprint density at radius 3 is 2.45 bits per heavy atom. The summed E-state index contributed by atoms with van der Waals surface area (Å²) >= 11 is 1.53. The maximum Gasteiger partial charge on any atom is 0.129 e. The van der Waals surface area contributed by atoms with Crippen LogP contribution >= 0.6 is 11.3 Å². The number of hydrogen-bond acceptors (Lipinski definition) is 5. The highest BCUT2D eigenvalue weighted by atomic mass is 32.1. The first-order valence-corrected chi connectivity index (χ1v) is 8.38. The Balaban J connectivity index is 1.59. The number of anilines is 2. The van der Waals surface area contributed by atoms with Gasteiger partial charge >= 0.3 is 0 Å². The average molecular weight is 290 g/mol. The topological polar surface area (TPSA) is 56.3 Å². The maximum absolute atomic E-state index is 9.00. The van der Waals surface area contributed by atoms with Crippen LogP contribution in [-0.4, -0.2) is 37.1 Å². The number of nitrogens with zero attached hydrogens (tertiary/aromatic N) is 3. The van der Waals surface area contributed by atoms with Gasteiger partial charge in [0.2, 0.25) is 0 Å². The summed E-state index contributed by atoms with van der Waals surface area (Å²) in [5, 5.41) is 10.2. The van der Waals surface area contributed by atoms with Crippen molar-refractivity contribution in [1.29, 1.82) is 5.26 Å². The van der Waals surface area contributed by atoms with Crippen molar-refractivity contribution in [3.63, 3.8) is 0 Å². The fourth-order valence-corrected chi connectivity index (χ4v) is 4.30. The number of nitrogens with two attached hydrogens (primary N) is 1. The van der Waals surface area contributed by atoms with E-state index in [0.717, 1.165) is 24.1 Å². The molecule has 5 heteroatoms. The van der Waals surface area contributed by atoms with E-state index in [9.17, 15) is 0 Å². The molecular weight excluding hydrogens is 268 g/mol. The first kappa shape index (κ1) is 13.7. The van der Waals surface area contributed by atoms with Gasteiger partial charge in [-0.05, 0) is 44.8 Å². The van der Waals surface area contributed by atoms with E-state index in [1.54, 1.807) is 0 Å². The second-order valence-corrected chi connectivity index (χ2v) is 6.83. The number of rotatable bonds is 2. The van der Waals surface area contributed by atoms with Gasteiger partial charge in [0.05, 0.1) is 10.7 Å². The van der Waals surface area contributed by atoms with E-state index in [2.05, 4.69) is 15.9 Å². The van der Waals surface area contributed by atoms with Crippen molar-refractivity contribution in [2.45, 2.75) is 38.1 Å². The van der Waals surface area contributed by atoms with Gasteiger partial charge in [0.15, 0.2) is 0 Å². The summed E-state index contributed by atoms with van der Waals surface area (Å²) in [4.78, 5) is 5.73. The van der Waals surface area contributed by atoms with Gasteiger partial charge in [-0.1, -0.05) is 6.42 Å². The molecule has 2 aliphatic heterocycles. The SMILES string of the molecule is N#Cc1sc(N2CCC(N3CCCCC3)CC2)cc1N. The summed E-state index contributed by atoms with van der Waals surface area (Å²) in [6.45, 7) is 4.75. The zero-order valence-electron chi connectivity index (χ0n) is 11.8. The predicted molar refractivity (Wildman–Crippen MR) is 84.1 cm³/mol. The van der Waals surface area contributed by atoms with Gasteiger partial charge in [0, 0.05) is 19.1 Å². The van der Waals surface area contributed by atoms with E-state index in [4.69, 9.17) is 11.0 Å². The third-order valence-corrected chi connectivity index (χ3v) is 5.65. The first-order chi connectivity index (χ1) is 9.78. The van der Waals surface area contributed by atoms with Crippen molar-refractivity contribution < 1.29 is 0 Å². The van der Waals surface area contributed by atoms with Gasteiger partial charge in [-0.3, -0.25) is 0 Å². The van der Waals surface area contributed by atoms with Crippen LogP contribution in [0.3, 0.4) is 0 Å². The van der Waals surface area contributed by atoms with Crippen LogP contribution in [0.15, 0.2) is 6.07 Å².